The van der Waals surface area contributed by atoms with Crippen molar-refractivity contribution in [3.63, 3.8) is 0 Å². The minimum Gasteiger partial charge on any atom is -0.481 e. The molecule has 2 rings (SSSR count). The van der Waals surface area contributed by atoms with Gasteiger partial charge in [0.05, 0.1) is 5.56 Å². The van der Waals surface area contributed by atoms with Crippen LogP contribution in [0.4, 0.5) is 13.2 Å². The predicted octanol–water partition coefficient (Wildman–Crippen LogP) is 3.69. The second kappa shape index (κ2) is 5.59. The van der Waals surface area contributed by atoms with Crippen LogP contribution in [-0.2, 0) is 17.4 Å². The molecule has 4 nitrogen and oxygen atoms in total. The fourth-order valence-electron chi connectivity index (χ4n) is 1.99. The summed E-state index contributed by atoms with van der Waals surface area (Å²) in [7, 11) is 0. The van der Waals surface area contributed by atoms with E-state index < -0.39 is 17.7 Å². The Morgan fingerprint density at radius 1 is 1.38 bits per heavy atom. The molecule has 112 valence electrons. The van der Waals surface area contributed by atoms with Crippen molar-refractivity contribution >= 4 is 5.97 Å². The minimum atomic E-state index is -4.45. The predicted molar refractivity (Wildman–Crippen MR) is 67.6 cm³/mol. The lowest BCUT2D eigenvalue weighted by Gasteiger charge is -2.08. The number of aromatic nitrogens is 1. The van der Waals surface area contributed by atoms with E-state index in [0.29, 0.717) is 11.3 Å². The van der Waals surface area contributed by atoms with Crippen molar-refractivity contribution in [2.24, 2.45) is 0 Å². The molecule has 0 unspecified atom stereocenters. The highest BCUT2D eigenvalue weighted by molar-refractivity contribution is 5.69. The first kappa shape index (κ1) is 15.1. The average Bonchev–Trinajstić information content (AvgIpc) is 2.77. The number of hydrogen-bond acceptors (Lipinski definition) is 3. The Balaban J connectivity index is 2.41. The van der Waals surface area contributed by atoms with Crippen LogP contribution in [0, 0.1) is 6.92 Å². The summed E-state index contributed by atoms with van der Waals surface area (Å²) in [5.74, 6) is -0.589. The standard InChI is InChI=1S/C14H12F3NO3/c1-8-11(5-6-12(19)20)13(18-21-8)9-3-2-4-10(7-9)14(15,16)17/h2-4,7H,5-6H2,1H3,(H,19,20). The van der Waals surface area contributed by atoms with E-state index in [1.54, 1.807) is 6.92 Å². The molecular formula is C14H12F3NO3. The zero-order chi connectivity index (χ0) is 15.6. The molecule has 0 atom stereocenters. The van der Waals surface area contributed by atoms with Gasteiger partial charge in [-0.25, -0.2) is 0 Å². The maximum Gasteiger partial charge on any atom is 0.416 e. The molecule has 21 heavy (non-hydrogen) atoms. The lowest BCUT2D eigenvalue weighted by molar-refractivity contribution is -0.138. The first-order valence-electron chi connectivity index (χ1n) is 6.13. The molecule has 1 N–H and O–H groups in total. The lowest BCUT2D eigenvalue weighted by Crippen LogP contribution is -2.05. The third kappa shape index (κ3) is 3.42. The molecule has 0 aliphatic carbocycles. The molecule has 0 aliphatic heterocycles. The van der Waals surface area contributed by atoms with E-state index in [9.17, 15) is 18.0 Å². The fraction of sp³-hybridized carbons (Fsp3) is 0.286. The van der Waals surface area contributed by atoms with Gasteiger partial charge in [-0.2, -0.15) is 13.2 Å². The topological polar surface area (TPSA) is 63.3 Å². The van der Waals surface area contributed by atoms with Gasteiger partial charge in [-0.1, -0.05) is 17.3 Å². The van der Waals surface area contributed by atoms with Crippen molar-refractivity contribution in [3.8, 4) is 11.3 Å². The highest BCUT2D eigenvalue weighted by atomic mass is 19.4. The highest BCUT2D eigenvalue weighted by Crippen LogP contribution is 2.33. The van der Waals surface area contributed by atoms with Crippen molar-refractivity contribution in [2.75, 3.05) is 0 Å². The SMILES string of the molecule is Cc1onc(-c2cccc(C(F)(F)F)c2)c1CCC(=O)O. The molecule has 0 amide bonds. The van der Waals surface area contributed by atoms with Crippen molar-refractivity contribution in [3.05, 3.63) is 41.2 Å². The second-order valence-corrected chi connectivity index (χ2v) is 4.54. The van der Waals surface area contributed by atoms with Crippen LogP contribution in [0.3, 0.4) is 0 Å². The molecule has 0 saturated carbocycles. The van der Waals surface area contributed by atoms with Crippen LogP contribution in [0.5, 0.6) is 0 Å². The highest BCUT2D eigenvalue weighted by Gasteiger charge is 2.31. The van der Waals surface area contributed by atoms with E-state index in [-0.39, 0.29) is 24.1 Å². The molecule has 2 aromatic rings. The second-order valence-electron chi connectivity index (χ2n) is 4.54. The summed E-state index contributed by atoms with van der Waals surface area (Å²) in [6.45, 7) is 1.60. The number of aliphatic carboxylic acids is 1. The van der Waals surface area contributed by atoms with Gasteiger partial charge < -0.3 is 9.63 Å². The number of carboxylic acid groups (broad SMARTS) is 1. The van der Waals surface area contributed by atoms with Crippen LogP contribution >= 0.6 is 0 Å². The third-order valence-electron chi connectivity index (χ3n) is 3.04. The van der Waals surface area contributed by atoms with Gasteiger partial charge in [-0.05, 0) is 25.5 Å². The summed E-state index contributed by atoms with van der Waals surface area (Å²) in [6, 6.07) is 4.70. The minimum absolute atomic E-state index is 0.145. The largest absolute Gasteiger partial charge is 0.481 e. The zero-order valence-electron chi connectivity index (χ0n) is 11.1. The van der Waals surface area contributed by atoms with Crippen molar-refractivity contribution in [1.29, 1.82) is 0 Å². The van der Waals surface area contributed by atoms with Crippen molar-refractivity contribution in [2.45, 2.75) is 25.9 Å². The van der Waals surface area contributed by atoms with E-state index in [1.165, 1.54) is 12.1 Å². The molecule has 1 aromatic heterocycles. The maximum atomic E-state index is 12.7. The van der Waals surface area contributed by atoms with Crippen LogP contribution in [0.15, 0.2) is 28.8 Å². The number of benzene rings is 1. The van der Waals surface area contributed by atoms with Gasteiger partial charge in [0.1, 0.15) is 11.5 Å². The van der Waals surface area contributed by atoms with Gasteiger partial charge in [0.15, 0.2) is 0 Å². The van der Waals surface area contributed by atoms with Gasteiger partial charge in [0.2, 0.25) is 0 Å². The molecule has 0 aliphatic rings. The molecule has 0 saturated heterocycles. The van der Waals surface area contributed by atoms with E-state index >= 15 is 0 Å². The van der Waals surface area contributed by atoms with E-state index in [0.717, 1.165) is 12.1 Å². The van der Waals surface area contributed by atoms with E-state index in [4.69, 9.17) is 9.63 Å². The quantitative estimate of drug-likeness (QED) is 0.935. The zero-order valence-corrected chi connectivity index (χ0v) is 11.1. The van der Waals surface area contributed by atoms with Crippen molar-refractivity contribution < 1.29 is 27.6 Å². The summed E-state index contributed by atoms with van der Waals surface area (Å²) < 4.78 is 43.1. The summed E-state index contributed by atoms with van der Waals surface area (Å²) in [6.07, 6.45) is -4.44. The molecule has 7 heteroatoms. The van der Waals surface area contributed by atoms with E-state index in [1.807, 2.05) is 0 Å². The molecule has 0 radical (unpaired) electrons. The van der Waals surface area contributed by atoms with E-state index in [2.05, 4.69) is 5.16 Å². The summed E-state index contributed by atoms with van der Waals surface area (Å²) >= 11 is 0. The number of aryl methyl sites for hydroxylation is 1. The number of carboxylic acids is 1. The van der Waals surface area contributed by atoms with Crippen LogP contribution in [-0.4, -0.2) is 16.2 Å². The Hall–Kier alpha value is -2.31. The van der Waals surface area contributed by atoms with Gasteiger partial charge in [-0.15, -0.1) is 0 Å². The first-order valence-corrected chi connectivity index (χ1v) is 6.13. The van der Waals surface area contributed by atoms with Crippen LogP contribution < -0.4 is 0 Å². The van der Waals surface area contributed by atoms with Gasteiger partial charge >= 0.3 is 12.1 Å². The van der Waals surface area contributed by atoms with Crippen LogP contribution in [0.25, 0.3) is 11.3 Å². The Bertz CT molecular complexity index is 662. The summed E-state index contributed by atoms with van der Waals surface area (Å²) in [5, 5.41) is 12.5. The normalized spacial score (nSPS) is 11.6. The van der Waals surface area contributed by atoms with Crippen LogP contribution in [0.2, 0.25) is 0 Å². The Labute approximate surface area is 118 Å². The maximum absolute atomic E-state index is 12.7. The van der Waals surface area contributed by atoms with Gasteiger partial charge in [0, 0.05) is 17.5 Å². The molecular weight excluding hydrogens is 287 g/mol. The molecule has 0 fully saturated rings. The molecule has 0 spiro atoms. The van der Waals surface area contributed by atoms with Crippen molar-refractivity contribution in [1.82, 2.24) is 5.16 Å². The monoisotopic (exact) mass is 299 g/mol. The third-order valence-corrected chi connectivity index (χ3v) is 3.04. The molecule has 1 heterocycles. The Kier molecular flexibility index (Phi) is 4.02. The molecule has 0 bridgehead atoms. The number of hydrogen-bond donors (Lipinski definition) is 1. The fourth-order valence-corrected chi connectivity index (χ4v) is 1.99. The summed E-state index contributed by atoms with van der Waals surface area (Å²) in [5.41, 5.74) is 0.225. The first-order chi connectivity index (χ1) is 9.79. The Morgan fingerprint density at radius 3 is 2.71 bits per heavy atom. The average molecular weight is 299 g/mol. The number of halogens is 3. The smallest absolute Gasteiger partial charge is 0.416 e. The number of alkyl halides is 3. The van der Waals surface area contributed by atoms with Gasteiger partial charge in [0.25, 0.3) is 0 Å². The summed E-state index contributed by atoms with van der Waals surface area (Å²) in [4.78, 5) is 10.6. The number of rotatable bonds is 4. The lowest BCUT2D eigenvalue weighted by atomic mass is 10.0. The number of carbonyl (C=O) groups is 1. The number of nitrogens with zero attached hydrogens (tertiary/aromatic N) is 1. The van der Waals surface area contributed by atoms with Crippen LogP contribution in [0.1, 0.15) is 23.3 Å². The molecule has 1 aromatic carbocycles. The Morgan fingerprint density at radius 2 is 2.10 bits per heavy atom. The van der Waals surface area contributed by atoms with Gasteiger partial charge in [-0.3, -0.25) is 4.79 Å².